The summed E-state index contributed by atoms with van der Waals surface area (Å²) in [7, 11) is 0. The van der Waals surface area contributed by atoms with E-state index in [4.69, 9.17) is 15.5 Å². The number of aromatic nitrogens is 3. The molecule has 2 bridgehead atoms. The number of pyridine rings is 2. The minimum Gasteiger partial charge on any atom is -0.383 e. The molecule has 3 aromatic heterocycles. The molecule has 3 saturated carbocycles. The topological polar surface area (TPSA) is 85.8 Å². The molecule has 1 aromatic carbocycles. The van der Waals surface area contributed by atoms with E-state index >= 15 is 0 Å². The van der Waals surface area contributed by atoms with Crippen LogP contribution in [0.4, 0.5) is 5.82 Å². The Bertz CT molecular complexity index is 1410. The molecule has 166 valence electrons. The molecule has 1 aliphatic heterocycles. The van der Waals surface area contributed by atoms with Crippen molar-refractivity contribution in [3.8, 4) is 0 Å². The molecule has 0 spiro atoms. The van der Waals surface area contributed by atoms with Crippen LogP contribution >= 0.6 is 0 Å². The highest BCUT2D eigenvalue weighted by Gasteiger charge is 2.61. The van der Waals surface area contributed by atoms with Gasteiger partial charge in [-0.1, -0.05) is 6.07 Å². The minimum absolute atomic E-state index is 0.0224. The Morgan fingerprint density at radius 2 is 2.09 bits per heavy atom. The van der Waals surface area contributed by atoms with Gasteiger partial charge in [-0.2, -0.15) is 0 Å². The number of anilines is 1. The van der Waals surface area contributed by atoms with Crippen LogP contribution in [0.25, 0.3) is 16.6 Å². The first kappa shape index (κ1) is 19.1. The van der Waals surface area contributed by atoms with Gasteiger partial charge < -0.3 is 19.8 Å². The van der Waals surface area contributed by atoms with Gasteiger partial charge in [-0.05, 0) is 68.0 Å². The lowest BCUT2D eigenvalue weighted by atomic mass is 9.49. The molecule has 7 nitrogen and oxygen atoms in total. The standard InChI is InChI=1S/C26H25N5O2/c1-15-23-20(14-33-15)19-8-17(5-6-21(19)29-24(23)27)25(32)31(26-9-16(10-26)11-26)13-18-12-30-7-3-2-4-22(30)28-18/h2-8,12,15-16H,9-11,13-14H2,1H3,(H2,27,29). The quantitative estimate of drug-likeness (QED) is 0.514. The SMILES string of the molecule is CC1OCc2c1c(N)nc1ccc(C(=O)N(Cc3cn4ccccc4n3)C34CC(C3)C4)cc21. The normalized spacial score (nSPS) is 25.0. The van der Waals surface area contributed by atoms with E-state index in [9.17, 15) is 4.79 Å². The third-order valence-corrected chi connectivity index (χ3v) is 7.85. The second kappa shape index (κ2) is 6.54. The van der Waals surface area contributed by atoms with Crippen molar-refractivity contribution in [1.29, 1.82) is 0 Å². The van der Waals surface area contributed by atoms with Gasteiger partial charge in [0, 0.05) is 34.4 Å². The highest BCUT2D eigenvalue weighted by Crippen LogP contribution is 2.61. The molecule has 8 rings (SSSR count). The largest absolute Gasteiger partial charge is 0.383 e. The van der Waals surface area contributed by atoms with E-state index in [0.717, 1.165) is 58.6 Å². The van der Waals surface area contributed by atoms with Crippen molar-refractivity contribution in [3.63, 3.8) is 0 Å². The van der Waals surface area contributed by atoms with Crippen molar-refractivity contribution < 1.29 is 9.53 Å². The number of nitrogens with two attached hydrogens (primary N) is 1. The summed E-state index contributed by atoms with van der Waals surface area (Å²) in [6.07, 6.45) is 7.23. The fourth-order valence-corrected chi connectivity index (χ4v) is 6.00. The Kier molecular flexibility index (Phi) is 3.78. The van der Waals surface area contributed by atoms with E-state index in [1.807, 2.05) is 60.1 Å². The number of hydrogen-bond acceptors (Lipinski definition) is 5. The molecule has 3 aliphatic carbocycles. The Hall–Kier alpha value is -3.45. The van der Waals surface area contributed by atoms with Gasteiger partial charge in [0.1, 0.15) is 11.5 Å². The van der Waals surface area contributed by atoms with Crippen LogP contribution in [0, 0.1) is 5.92 Å². The second-order valence-electron chi connectivity index (χ2n) is 9.87. The highest BCUT2D eigenvalue weighted by atomic mass is 16.5. The monoisotopic (exact) mass is 439 g/mol. The summed E-state index contributed by atoms with van der Waals surface area (Å²) in [5, 5.41) is 0.958. The smallest absolute Gasteiger partial charge is 0.254 e. The van der Waals surface area contributed by atoms with Crippen molar-refractivity contribution in [3.05, 3.63) is 71.2 Å². The van der Waals surface area contributed by atoms with Crippen LogP contribution in [0.3, 0.4) is 0 Å². The average Bonchev–Trinajstić information content (AvgIpc) is 3.34. The number of hydrogen-bond donors (Lipinski definition) is 1. The number of imidazole rings is 1. The number of rotatable bonds is 4. The molecule has 1 atom stereocenters. The molecular weight excluding hydrogens is 414 g/mol. The van der Waals surface area contributed by atoms with Gasteiger partial charge in [0.15, 0.2) is 0 Å². The third kappa shape index (κ3) is 2.69. The Morgan fingerprint density at radius 1 is 1.24 bits per heavy atom. The third-order valence-electron chi connectivity index (χ3n) is 7.85. The first-order chi connectivity index (χ1) is 16.0. The number of nitrogens with zero attached hydrogens (tertiary/aromatic N) is 4. The predicted molar refractivity (Wildman–Crippen MR) is 124 cm³/mol. The number of ether oxygens (including phenoxy) is 1. The maximum Gasteiger partial charge on any atom is 0.254 e. The molecule has 4 heterocycles. The lowest BCUT2D eigenvalue weighted by Crippen LogP contribution is -2.69. The Morgan fingerprint density at radius 3 is 2.85 bits per heavy atom. The molecule has 3 fully saturated rings. The van der Waals surface area contributed by atoms with Crippen molar-refractivity contribution in [2.75, 3.05) is 5.73 Å². The molecular formula is C26H25N5O2. The van der Waals surface area contributed by atoms with Crippen LogP contribution in [-0.4, -0.2) is 30.7 Å². The van der Waals surface area contributed by atoms with E-state index in [-0.39, 0.29) is 17.6 Å². The molecule has 0 saturated heterocycles. The Labute approximate surface area is 191 Å². The molecule has 7 heteroatoms. The summed E-state index contributed by atoms with van der Waals surface area (Å²) >= 11 is 0. The highest BCUT2D eigenvalue weighted by molar-refractivity contribution is 6.00. The van der Waals surface area contributed by atoms with Gasteiger partial charge >= 0.3 is 0 Å². The summed E-state index contributed by atoms with van der Waals surface area (Å²) in [4.78, 5) is 25.3. The molecule has 33 heavy (non-hydrogen) atoms. The number of carbonyl (C=O) groups is 1. The minimum atomic E-state index is -0.0800. The van der Waals surface area contributed by atoms with Crippen LogP contribution in [0.15, 0.2) is 48.8 Å². The summed E-state index contributed by atoms with van der Waals surface area (Å²) in [5.41, 5.74) is 11.5. The van der Waals surface area contributed by atoms with Gasteiger partial charge in [0.2, 0.25) is 0 Å². The number of benzene rings is 1. The number of carbonyl (C=O) groups excluding carboxylic acids is 1. The van der Waals surface area contributed by atoms with Gasteiger partial charge in [0.25, 0.3) is 5.91 Å². The zero-order chi connectivity index (χ0) is 22.3. The van der Waals surface area contributed by atoms with Crippen molar-refractivity contribution in [2.24, 2.45) is 5.92 Å². The van der Waals surface area contributed by atoms with E-state index in [2.05, 4.69) is 9.88 Å². The first-order valence-corrected chi connectivity index (χ1v) is 11.6. The molecule has 1 unspecified atom stereocenters. The van der Waals surface area contributed by atoms with Crippen LogP contribution in [0.2, 0.25) is 0 Å². The lowest BCUT2D eigenvalue weighted by molar-refractivity contribution is -0.127. The lowest BCUT2D eigenvalue weighted by Gasteiger charge is -2.66. The zero-order valence-corrected chi connectivity index (χ0v) is 18.5. The summed E-state index contributed by atoms with van der Waals surface area (Å²) in [6.45, 7) is 3.00. The van der Waals surface area contributed by atoms with Crippen molar-refractivity contribution in [1.82, 2.24) is 19.3 Å². The number of amides is 1. The van der Waals surface area contributed by atoms with Crippen LogP contribution in [-0.2, 0) is 17.9 Å². The summed E-state index contributed by atoms with van der Waals surface area (Å²) in [5.74, 6) is 1.35. The molecule has 4 aromatic rings. The maximum absolute atomic E-state index is 13.9. The van der Waals surface area contributed by atoms with Gasteiger partial charge in [-0.15, -0.1) is 0 Å². The maximum atomic E-state index is 13.9. The zero-order valence-electron chi connectivity index (χ0n) is 18.5. The van der Waals surface area contributed by atoms with E-state index in [1.165, 1.54) is 0 Å². The van der Waals surface area contributed by atoms with E-state index in [0.29, 0.717) is 24.5 Å². The number of nitrogen functional groups attached to an aromatic ring is 1. The van der Waals surface area contributed by atoms with Crippen molar-refractivity contribution in [2.45, 2.75) is 51.0 Å². The first-order valence-electron chi connectivity index (χ1n) is 11.6. The second-order valence-corrected chi connectivity index (χ2v) is 9.87. The van der Waals surface area contributed by atoms with Crippen LogP contribution < -0.4 is 5.73 Å². The molecule has 4 aliphatic rings. The van der Waals surface area contributed by atoms with E-state index in [1.54, 1.807) is 0 Å². The molecule has 1 amide bonds. The fourth-order valence-electron chi connectivity index (χ4n) is 6.00. The summed E-state index contributed by atoms with van der Waals surface area (Å²) < 4.78 is 7.84. The Balaban J connectivity index is 1.29. The van der Waals surface area contributed by atoms with E-state index < -0.39 is 0 Å². The van der Waals surface area contributed by atoms with Crippen LogP contribution in [0.1, 0.15) is 59.5 Å². The van der Waals surface area contributed by atoms with Crippen molar-refractivity contribution >= 4 is 28.3 Å². The van der Waals surface area contributed by atoms with Gasteiger partial charge in [-0.3, -0.25) is 4.79 Å². The molecule has 2 N–H and O–H groups in total. The number of fused-ring (bicyclic) bond motifs is 4. The average molecular weight is 440 g/mol. The predicted octanol–water partition coefficient (Wildman–Crippen LogP) is 4.25. The van der Waals surface area contributed by atoms with Gasteiger partial charge in [-0.25, -0.2) is 9.97 Å². The molecule has 0 radical (unpaired) electrons. The van der Waals surface area contributed by atoms with Gasteiger partial charge in [0.05, 0.1) is 30.5 Å². The summed E-state index contributed by atoms with van der Waals surface area (Å²) in [6, 6.07) is 11.7. The van der Waals surface area contributed by atoms with Crippen LogP contribution in [0.5, 0.6) is 0 Å². The fraction of sp³-hybridized carbons (Fsp3) is 0.346.